The molecular weight excluding hydrogens is 184 g/mol. The zero-order valence-corrected chi connectivity index (χ0v) is 7.32. The second-order valence-corrected chi connectivity index (χ2v) is 3.14. The molecule has 4 nitrogen and oxygen atoms in total. The smallest absolute Gasteiger partial charge is 0.152 e. The molecule has 2 aromatic heterocycles. The van der Waals surface area contributed by atoms with E-state index in [-0.39, 0.29) is 0 Å². The summed E-state index contributed by atoms with van der Waals surface area (Å²) >= 11 is 1.43. The molecule has 0 aliphatic rings. The van der Waals surface area contributed by atoms with Gasteiger partial charge in [0.2, 0.25) is 0 Å². The van der Waals surface area contributed by atoms with Crippen molar-refractivity contribution in [3.8, 4) is 16.6 Å². The third-order valence-corrected chi connectivity index (χ3v) is 2.34. The molecule has 0 aromatic carbocycles. The minimum absolute atomic E-state index is 0.441. The molecule has 0 amide bonds. The fourth-order valence-corrected chi connectivity index (χ4v) is 1.61. The SMILES string of the molecule is N#Cc1csc(-c2ccnnc2)n1. The van der Waals surface area contributed by atoms with E-state index in [2.05, 4.69) is 15.2 Å². The van der Waals surface area contributed by atoms with Gasteiger partial charge in [0.1, 0.15) is 11.1 Å². The predicted octanol–water partition coefficient (Wildman–Crippen LogP) is 1.47. The molecule has 0 saturated heterocycles. The van der Waals surface area contributed by atoms with E-state index in [0.717, 1.165) is 10.6 Å². The van der Waals surface area contributed by atoms with Gasteiger partial charge in [-0.25, -0.2) is 4.98 Å². The first-order chi connectivity index (χ1) is 6.40. The van der Waals surface area contributed by atoms with E-state index in [4.69, 9.17) is 5.26 Å². The fraction of sp³-hybridized carbons (Fsp3) is 0. The van der Waals surface area contributed by atoms with Crippen LogP contribution in [0.4, 0.5) is 0 Å². The van der Waals surface area contributed by atoms with Crippen molar-refractivity contribution in [2.24, 2.45) is 0 Å². The molecule has 0 radical (unpaired) electrons. The lowest BCUT2D eigenvalue weighted by molar-refractivity contribution is 1.03. The molecule has 0 spiro atoms. The first-order valence-corrected chi connectivity index (χ1v) is 4.41. The molecule has 0 bridgehead atoms. The van der Waals surface area contributed by atoms with Gasteiger partial charge in [0.05, 0.1) is 12.4 Å². The van der Waals surface area contributed by atoms with Crippen molar-refractivity contribution in [3.63, 3.8) is 0 Å². The Kier molecular flexibility index (Phi) is 1.98. The fourth-order valence-electron chi connectivity index (χ4n) is 0.875. The van der Waals surface area contributed by atoms with E-state index in [1.807, 2.05) is 12.1 Å². The highest BCUT2D eigenvalue weighted by Crippen LogP contribution is 2.21. The van der Waals surface area contributed by atoms with Gasteiger partial charge >= 0.3 is 0 Å². The Morgan fingerprint density at radius 1 is 1.38 bits per heavy atom. The quantitative estimate of drug-likeness (QED) is 0.679. The van der Waals surface area contributed by atoms with Gasteiger partial charge in [-0.15, -0.1) is 11.3 Å². The summed E-state index contributed by atoms with van der Waals surface area (Å²) in [5, 5.41) is 18.5. The van der Waals surface area contributed by atoms with Crippen molar-refractivity contribution in [1.82, 2.24) is 15.2 Å². The van der Waals surface area contributed by atoms with Gasteiger partial charge in [-0.05, 0) is 6.07 Å². The third kappa shape index (κ3) is 1.53. The van der Waals surface area contributed by atoms with Crippen LogP contribution in [0.2, 0.25) is 0 Å². The Balaban J connectivity index is 2.43. The average molecular weight is 188 g/mol. The first-order valence-electron chi connectivity index (χ1n) is 3.53. The Morgan fingerprint density at radius 3 is 2.92 bits per heavy atom. The third-order valence-electron chi connectivity index (χ3n) is 1.45. The molecule has 0 aliphatic heterocycles. The summed E-state index contributed by atoms with van der Waals surface area (Å²) in [4.78, 5) is 4.09. The van der Waals surface area contributed by atoms with E-state index in [1.54, 1.807) is 17.8 Å². The molecule has 2 rings (SSSR count). The van der Waals surface area contributed by atoms with Crippen LogP contribution in [-0.2, 0) is 0 Å². The molecule has 2 heterocycles. The Morgan fingerprint density at radius 2 is 2.31 bits per heavy atom. The van der Waals surface area contributed by atoms with E-state index in [9.17, 15) is 0 Å². The van der Waals surface area contributed by atoms with Gasteiger partial charge in [0, 0.05) is 10.9 Å². The molecule has 0 aliphatic carbocycles. The van der Waals surface area contributed by atoms with Crippen molar-refractivity contribution in [2.45, 2.75) is 0 Å². The lowest BCUT2D eigenvalue weighted by atomic mass is 10.3. The largest absolute Gasteiger partial charge is 0.225 e. The summed E-state index contributed by atoms with van der Waals surface area (Å²) in [6.45, 7) is 0. The van der Waals surface area contributed by atoms with Crippen molar-refractivity contribution in [2.75, 3.05) is 0 Å². The molecular formula is C8H4N4S. The number of nitrogens with zero attached hydrogens (tertiary/aromatic N) is 4. The van der Waals surface area contributed by atoms with Gasteiger partial charge < -0.3 is 0 Å². The lowest BCUT2D eigenvalue weighted by Crippen LogP contribution is -1.81. The van der Waals surface area contributed by atoms with Crippen LogP contribution in [0.3, 0.4) is 0 Å². The van der Waals surface area contributed by atoms with Gasteiger partial charge in [-0.2, -0.15) is 15.5 Å². The van der Waals surface area contributed by atoms with E-state index in [1.165, 1.54) is 11.3 Å². The van der Waals surface area contributed by atoms with Gasteiger partial charge in [-0.3, -0.25) is 0 Å². The summed E-state index contributed by atoms with van der Waals surface area (Å²) in [5.74, 6) is 0. The number of aromatic nitrogens is 3. The summed E-state index contributed by atoms with van der Waals surface area (Å²) < 4.78 is 0. The zero-order valence-electron chi connectivity index (χ0n) is 6.51. The monoisotopic (exact) mass is 188 g/mol. The Labute approximate surface area is 78.5 Å². The van der Waals surface area contributed by atoms with Crippen LogP contribution in [0, 0.1) is 11.3 Å². The van der Waals surface area contributed by atoms with Crippen LogP contribution < -0.4 is 0 Å². The minimum Gasteiger partial charge on any atom is -0.225 e. The van der Waals surface area contributed by atoms with Crippen LogP contribution in [0.25, 0.3) is 10.6 Å². The molecule has 0 fully saturated rings. The molecule has 2 aromatic rings. The lowest BCUT2D eigenvalue weighted by Gasteiger charge is -1.90. The van der Waals surface area contributed by atoms with Gasteiger partial charge in [-0.1, -0.05) is 0 Å². The predicted molar refractivity (Wildman–Crippen MR) is 47.9 cm³/mol. The van der Waals surface area contributed by atoms with Crippen LogP contribution in [0.15, 0.2) is 23.8 Å². The van der Waals surface area contributed by atoms with Crippen LogP contribution in [0.5, 0.6) is 0 Å². The Hall–Kier alpha value is -1.80. The molecule has 0 saturated carbocycles. The minimum atomic E-state index is 0.441. The topological polar surface area (TPSA) is 62.5 Å². The molecule has 0 N–H and O–H groups in total. The zero-order chi connectivity index (χ0) is 9.10. The second kappa shape index (κ2) is 3.29. The maximum absolute atomic E-state index is 8.56. The van der Waals surface area contributed by atoms with Crippen molar-refractivity contribution < 1.29 is 0 Å². The van der Waals surface area contributed by atoms with E-state index in [0.29, 0.717) is 5.69 Å². The van der Waals surface area contributed by atoms with E-state index < -0.39 is 0 Å². The molecule has 62 valence electrons. The molecule has 0 unspecified atom stereocenters. The highest BCUT2D eigenvalue weighted by atomic mass is 32.1. The number of thiazole rings is 1. The Bertz CT molecular complexity index is 443. The van der Waals surface area contributed by atoms with Crippen LogP contribution in [0.1, 0.15) is 5.69 Å². The normalized spacial score (nSPS) is 9.46. The summed E-state index contributed by atoms with van der Waals surface area (Å²) in [6, 6.07) is 3.79. The summed E-state index contributed by atoms with van der Waals surface area (Å²) in [6.07, 6.45) is 3.22. The highest BCUT2D eigenvalue weighted by molar-refractivity contribution is 7.13. The standard InChI is InChI=1S/C8H4N4S/c9-3-7-5-13-8(12-7)6-1-2-10-11-4-6/h1-2,4-5H. The number of rotatable bonds is 1. The number of nitriles is 1. The van der Waals surface area contributed by atoms with Crippen LogP contribution >= 0.6 is 11.3 Å². The maximum Gasteiger partial charge on any atom is 0.152 e. The second-order valence-electron chi connectivity index (χ2n) is 2.28. The van der Waals surface area contributed by atoms with Crippen LogP contribution in [-0.4, -0.2) is 15.2 Å². The number of hydrogen-bond acceptors (Lipinski definition) is 5. The van der Waals surface area contributed by atoms with Gasteiger partial charge in [0.15, 0.2) is 5.69 Å². The maximum atomic E-state index is 8.56. The molecule has 5 heteroatoms. The van der Waals surface area contributed by atoms with Crippen molar-refractivity contribution >= 4 is 11.3 Å². The van der Waals surface area contributed by atoms with Gasteiger partial charge in [0.25, 0.3) is 0 Å². The highest BCUT2D eigenvalue weighted by Gasteiger charge is 2.03. The van der Waals surface area contributed by atoms with Crippen molar-refractivity contribution in [3.05, 3.63) is 29.5 Å². The number of hydrogen-bond donors (Lipinski definition) is 0. The van der Waals surface area contributed by atoms with E-state index >= 15 is 0 Å². The molecule has 13 heavy (non-hydrogen) atoms. The van der Waals surface area contributed by atoms with Crippen molar-refractivity contribution in [1.29, 1.82) is 5.26 Å². The summed E-state index contributed by atoms with van der Waals surface area (Å²) in [7, 11) is 0. The average Bonchev–Trinajstić information content (AvgIpc) is 2.67. The summed E-state index contributed by atoms with van der Waals surface area (Å²) in [5.41, 5.74) is 1.33. The first kappa shape index (κ1) is 7.83. The molecule has 0 atom stereocenters.